The summed E-state index contributed by atoms with van der Waals surface area (Å²) in [6, 6.07) is 7.89. The molecule has 0 unspecified atom stereocenters. The highest BCUT2D eigenvalue weighted by Gasteiger charge is 2.35. The molecule has 1 aromatic carbocycles. The molecule has 7 heteroatoms. The summed E-state index contributed by atoms with van der Waals surface area (Å²) in [7, 11) is 0. The Morgan fingerprint density at radius 1 is 1.06 bits per heavy atom. The summed E-state index contributed by atoms with van der Waals surface area (Å²) in [5.74, 6) is 1.80. The van der Waals surface area contributed by atoms with Gasteiger partial charge in [-0.15, -0.1) is 0 Å². The smallest absolute Gasteiger partial charge is 0.291 e. The highest BCUT2D eigenvalue weighted by Crippen LogP contribution is 2.45. The highest BCUT2D eigenvalue weighted by molar-refractivity contribution is 5.68. The zero-order valence-electron chi connectivity index (χ0n) is 19.8. The summed E-state index contributed by atoms with van der Waals surface area (Å²) in [6.45, 7) is 2.74. The van der Waals surface area contributed by atoms with Gasteiger partial charge in [-0.05, 0) is 30.2 Å². The topological polar surface area (TPSA) is 71.4 Å². The van der Waals surface area contributed by atoms with Gasteiger partial charge in [0.1, 0.15) is 30.1 Å². The first-order valence-electron chi connectivity index (χ1n) is 12.3. The SMILES string of the molecule is OC1=COC2=C(C=CCC2)C2=C(O)OC3=C[C@@H](c4ccc(OCCN5CC(CF)C5)cc4)C=CC3=C12. The zero-order valence-corrected chi connectivity index (χ0v) is 19.8. The van der Waals surface area contributed by atoms with Crippen LogP contribution < -0.4 is 4.74 Å². The molecule has 2 N–H and O–H groups in total. The fraction of sp³-hybridized carbons (Fsp3) is 0.310. The van der Waals surface area contributed by atoms with Gasteiger partial charge in [0, 0.05) is 54.6 Å². The minimum absolute atomic E-state index is 0.0495. The monoisotopic (exact) mass is 489 g/mol. The minimum Gasteiger partial charge on any atom is -0.504 e. The Morgan fingerprint density at radius 2 is 1.89 bits per heavy atom. The minimum atomic E-state index is -0.248. The molecule has 6 rings (SSSR count). The fourth-order valence-electron chi connectivity index (χ4n) is 5.22. The molecular weight excluding hydrogens is 461 g/mol. The molecule has 0 aromatic heterocycles. The van der Waals surface area contributed by atoms with Crippen molar-refractivity contribution in [2.24, 2.45) is 5.92 Å². The van der Waals surface area contributed by atoms with Gasteiger partial charge in [0.2, 0.25) is 0 Å². The van der Waals surface area contributed by atoms with E-state index in [4.69, 9.17) is 14.2 Å². The van der Waals surface area contributed by atoms with E-state index in [2.05, 4.69) is 4.90 Å². The molecular formula is C29H28FNO5. The van der Waals surface area contributed by atoms with Crippen LogP contribution in [0.5, 0.6) is 5.75 Å². The van der Waals surface area contributed by atoms with Crippen LogP contribution in [-0.4, -0.2) is 48.0 Å². The lowest BCUT2D eigenvalue weighted by atomic mass is 9.84. The van der Waals surface area contributed by atoms with Crippen molar-refractivity contribution in [3.05, 3.63) is 112 Å². The molecule has 3 heterocycles. The van der Waals surface area contributed by atoms with Gasteiger partial charge in [0.25, 0.3) is 5.95 Å². The molecule has 1 aromatic rings. The van der Waals surface area contributed by atoms with E-state index in [0.29, 0.717) is 41.3 Å². The van der Waals surface area contributed by atoms with Crippen LogP contribution in [0.1, 0.15) is 24.3 Å². The summed E-state index contributed by atoms with van der Waals surface area (Å²) in [6.07, 6.45) is 12.7. The Bertz CT molecular complexity index is 1270. The van der Waals surface area contributed by atoms with Gasteiger partial charge in [-0.3, -0.25) is 9.29 Å². The van der Waals surface area contributed by atoms with E-state index in [1.807, 2.05) is 54.6 Å². The van der Waals surface area contributed by atoms with Crippen molar-refractivity contribution < 1.29 is 28.8 Å². The number of likely N-dealkylation sites (tertiary alicyclic amines) is 1. The Labute approximate surface area is 209 Å². The number of aliphatic hydroxyl groups excluding tert-OH is 2. The molecule has 36 heavy (non-hydrogen) atoms. The van der Waals surface area contributed by atoms with Crippen LogP contribution in [0.3, 0.4) is 0 Å². The van der Waals surface area contributed by atoms with Gasteiger partial charge < -0.3 is 24.4 Å². The van der Waals surface area contributed by atoms with Crippen LogP contribution in [0, 0.1) is 5.92 Å². The number of aliphatic hydroxyl groups is 2. The molecule has 1 atom stereocenters. The van der Waals surface area contributed by atoms with Gasteiger partial charge in [0.05, 0.1) is 12.2 Å². The highest BCUT2D eigenvalue weighted by atomic mass is 19.1. The number of halogens is 1. The second-order valence-electron chi connectivity index (χ2n) is 9.58. The predicted molar refractivity (Wildman–Crippen MR) is 133 cm³/mol. The number of nitrogens with zero attached hydrogens (tertiary/aromatic N) is 1. The molecule has 3 aliphatic heterocycles. The third-order valence-electron chi connectivity index (χ3n) is 7.16. The number of hydrogen-bond acceptors (Lipinski definition) is 6. The third kappa shape index (κ3) is 4.13. The van der Waals surface area contributed by atoms with E-state index >= 15 is 0 Å². The molecule has 1 saturated heterocycles. The quantitative estimate of drug-likeness (QED) is 0.539. The van der Waals surface area contributed by atoms with Crippen molar-refractivity contribution in [2.45, 2.75) is 18.8 Å². The summed E-state index contributed by atoms with van der Waals surface area (Å²) >= 11 is 0. The molecule has 6 nitrogen and oxygen atoms in total. The maximum atomic E-state index is 12.6. The van der Waals surface area contributed by atoms with Crippen molar-refractivity contribution in [3.63, 3.8) is 0 Å². The molecule has 0 saturated carbocycles. The summed E-state index contributed by atoms with van der Waals surface area (Å²) < 4.78 is 30.0. The zero-order chi connectivity index (χ0) is 24.6. The van der Waals surface area contributed by atoms with Crippen molar-refractivity contribution in [2.75, 3.05) is 32.9 Å². The Balaban J connectivity index is 1.18. The average molecular weight is 490 g/mol. The van der Waals surface area contributed by atoms with Crippen LogP contribution in [0.2, 0.25) is 0 Å². The summed E-state index contributed by atoms with van der Waals surface area (Å²) in [5, 5.41) is 21.6. The lowest BCUT2D eigenvalue weighted by Gasteiger charge is -2.37. The van der Waals surface area contributed by atoms with E-state index in [-0.39, 0.29) is 30.2 Å². The maximum absolute atomic E-state index is 12.6. The number of hydrogen-bond donors (Lipinski definition) is 2. The van der Waals surface area contributed by atoms with Crippen molar-refractivity contribution in [1.82, 2.24) is 4.90 Å². The molecule has 0 spiro atoms. The molecule has 186 valence electrons. The van der Waals surface area contributed by atoms with E-state index < -0.39 is 0 Å². The largest absolute Gasteiger partial charge is 0.504 e. The van der Waals surface area contributed by atoms with Crippen molar-refractivity contribution in [1.29, 1.82) is 0 Å². The van der Waals surface area contributed by atoms with Crippen LogP contribution in [-0.2, 0) is 9.47 Å². The van der Waals surface area contributed by atoms with Gasteiger partial charge in [-0.1, -0.05) is 36.4 Å². The molecule has 0 amide bonds. The Kier molecular flexibility index (Phi) is 5.93. The van der Waals surface area contributed by atoms with Gasteiger partial charge in [-0.25, -0.2) is 0 Å². The first-order chi connectivity index (χ1) is 17.6. The van der Waals surface area contributed by atoms with Gasteiger partial charge in [-0.2, -0.15) is 0 Å². The Morgan fingerprint density at radius 3 is 2.69 bits per heavy atom. The molecule has 1 fully saturated rings. The van der Waals surface area contributed by atoms with E-state index in [1.54, 1.807) is 0 Å². The van der Waals surface area contributed by atoms with E-state index in [1.165, 1.54) is 6.26 Å². The fourth-order valence-corrected chi connectivity index (χ4v) is 5.22. The summed E-state index contributed by atoms with van der Waals surface area (Å²) in [5.41, 5.74) is 3.42. The number of ether oxygens (including phenoxy) is 3. The number of benzene rings is 1. The predicted octanol–water partition coefficient (Wildman–Crippen LogP) is 5.63. The summed E-state index contributed by atoms with van der Waals surface area (Å²) in [4.78, 5) is 2.19. The average Bonchev–Trinajstić information content (AvgIpc) is 3.03. The van der Waals surface area contributed by atoms with Gasteiger partial charge >= 0.3 is 0 Å². The van der Waals surface area contributed by atoms with Crippen molar-refractivity contribution >= 4 is 0 Å². The number of allylic oxidation sites excluding steroid dienone is 8. The van der Waals surface area contributed by atoms with Crippen LogP contribution in [0.4, 0.5) is 4.39 Å². The number of alkyl halides is 1. The van der Waals surface area contributed by atoms with E-state index in [9.17, 15) is 14.6 Å². The number of rotatable bonds is 6. The van der Waals surface area contributed by atoms with E-state index in [0.717, 1.165) is 42.9 Å². The molecule has 2 aliphatic carbocycles. The van der Waals surface area contributed by atoms with Crippen molar-refractivity contribution in [3.8, 4) is 5.75 Å². The lowest BCUT2D eigenvalue weighted by Crippen LogP contribution is -2.49. The Hall–Kier alpha value is -3.71. The standard InChI is InChI=1S/C29H28FNO5/c30-14-18-15-31(16-18)11-12-34-21-8-5-19(6-9-21)20-7-10-23-26(13-20)36-29(33)28-22-3-1-2-4-25(22)35-17-24(32)27(23)28/h1,3,5-10,13,17-18,20,32-33H,2,4,11-12,14-16H2/t20-/m0/s1. The van der Waals surface area contributed by atoms with Crippen LogP contribution >= 0.6 is 0 Å². The first-order valence-corrected chi connectivity index (χ1v) is 12.3. The molecule has 0 radical (unpaired) electrons. The normalized spacial score (nSPS) is 23.5. The molecule has 0 bridgehead atoms. The second kappa shape index (κ2) is 9.39. The maximum Gasteiger partial charge on any atom is 0.291 e. The third-order valence-corrected chi connectivity index (χ3v) is 7.16. The van der Waals surface area contributed by atoms with Crippen LogP contribution in [0.15, 0.2) is 106 Å². The van der Waals surface area contributed by atoms with Crippen LogP contribution in [0.25, 0.3) is 0 Å². The number of fused-ring (bicyclic) bond motifs is 3. The second-order valence-corrected chi connectivity index (χ2v) is 9.58. The lowest BCUT2D eigenvalue weighted by molar-refractivity contribution is 0.0668. The first kappa shape index (κ1) is 22.7. The molecule has 5 aliphatic rings. The van der Waals surface area contributed by atoms with Gasteiger partial charge in [0.15, 0.2) is 5.76 Å².